The predicted molar refractivity (Wildman–Crippen MR) is 140 cm³/mol. The minimum Gasteiger partial charge on any atom is -0.331 e. The molecule has 3 aromatic rings. The molecule has 0 fully saturated rings. The minimum absolute atomic E-state index is 0.0556. The number of carbonyl (C=O) groups is 3. The molecule has 0 unspecified atom stereocenters. The van der Waals surface area contributed by atoms with Gasteiger partial charge in [-0.15, -0.1) is 0 Å². The summed E-state index contributed by atoms with van der Waals surface area (Å²) in [5, 5.41) is 0.591. The van der Waals surface area contributed by atoms with Crippen LogP contribution in [-0.4, -0.2) is 36.7 Å². The smallest absolute Gasteiger partial charge is 0.282 e. The van der Waals surface area contributed by atoms with Crippen molar-refractivity contribution >= 4 is 44.0 Å². The van der Waals surface area contributed by atoms with E-state index in [9.17, 15) is 27.2 Å². The highest BCUT2D eigenvalue weighted by molar-refractivity contribution is 7.89. The molecule has 1 amide bonds. The van der Waals surface area contributed by atoms with Gasteiger partial charge in [-0.2, -0.15) is 0 Å². The van der Waals surface area contributed by atoms with Crippen LogP contribution >= 0.6 is 0 Å². The van der Waals surface area contributed by atoms with Crippen LogP contribution in [0.3, 0.4) is 0 Å². The molecule has 4 rings (SSSR count). The van der Waals surface area contributed by atoms with Crippen LogP contribution in [-0.2, 0) is 39.0 Å². The van der Waals surface area contributed by atoms with Crippen LogP contribution in [0.5, 0.6) is 0 Å². The molecule has 1 aromatic heterocycles. The first-order valence-electron chi connectivity index (χ1n) is 11.8. The lowest BCUT2D eigenvalue weighted by Gasteiger charge is -2.15. The summed E-state index contributed by atoms with van der Waals surface area (Å²) >= 11 is 0. The van der Waals surface area contributed by atoms with Gasteiger partial charge in [0, 0.05) is 40.4 Å². The number of halogens is 1. The largest absolute Gasteiger partial charge is 0.331 e. The number of hydrogen-bond acceptors (Lipinski definition) is 5. The molecule has 37 heavy (non-hydrogen) atoms. The molecule has 7 nitrogen and oxygen atoms in total. The number of nitrogens with one attached hydrogen (secondary N) is 1. The fourth-order valence-electron chi connectivity index (χ4n) is 4.59. The minimum atomic E-state index is -3.94. The first kappa shape index (κ1) is 26.2. The third kappa shape index (κ3) is 5.61. The van der Waals surface area contributed by atoms with Gasteiger partial charge in [0.15, 0.2) is 5.78 Å². The van der Waals surface area contributed by atoms with Crippen LogP contribution in [0.4, 0.5) is 4.39 Å². The second-order valence-corrected chi connectivity index (χ2v) is 10.9. The average molecular weight is 523 g/mol. The summed E-state index contributed by atoms with van der Waals surface area (Å²) in [4.78, 5) is 38.0. The van der Waals surface area contributed by atoms with E-state index in [1.54, 1.807) is 30.4 Å². The van der Waals surface area contributed by atoms with Gasteiger partial charge < -0.3 is 4.57 Å². The molecule has 1 aliphatic rings. The number of aryl methyl sites for hydroxylation is 1. The van der Waals surface area contributed by atoms with Gasteiger partial charge in [0.1, 0.15) is 17.3 Å². The van der Waals surface area contributed by atoms with Gasteiger partial charge in [-0.3, -0.25) is 14.4 Å². The van der Waals surface area contributed by atoms with E-state index < -0.39 is 21.7 Å². The number of amides is 1. The summed E-state index contributed by atoms with van der Waals surface area (Å²) < 4.78 is 42.6. The highest BCUT2D eigenvalue weighted by Crippen LogP contribution is 2.36. The van der Waals surface area contributed by atoms with Crippen molar-refractivity contribution in [3.8, 4) is 0 Å². The monoisotopic (exact) mass is 522 g/mol. The van der Waals surface area contributed by atoms with Crippen LogP contribution in [0.15, 0.2) is 54.6 Å². The summed E-state index contributed by atoms with van der Waals surface area (Å²) in [5.74, 6) is -1.75. The van der Waals surface area contributed by atoms with E-state index in [0.717, 1.165) is 11.8 Å². The second kappa shape index (κ2) is 10.3. The number of ketones is 2. The number of sulfonamides is 1. The highest BCUT2D eigenvalue weighted by Gasteiger charge is 2.30. The number of aromatic nitrogens is 1. The molecular formula is C28H27FN2O5S. The van der Waals surface area contributed by atoms with E-state index in [1.165, 1.54) is 23.6 Å². The van der Waals surface area contributed by atoms with Gasteiger partial charge in [-0.25, -0.2) is 17.5 Å². The van der Waals surface area contributed by atoms with Crippen LogP contribution in [0.25, 0.3) is 16.5 Å². The number of benzene rings is 2. The van der Waals surface area contributed by atoms with Crippen LogP contribution in [0.2, 0.25) is 0 Å². The number of fused-ring (bicyclic) bond motifs is 1. The summed E-state index contributed by atoms with van der Waals surface area (Å²) in [5.41, 5.74) is 2.87. The average Bonchev–Trinajstić information content (AvgIpc) is 3.13. The first-order chi connectivity index (χ1) is 17.5. The number of nitrogens with zero attached hydrogens (tertiary/aromatic N) is 1. The molecule has 1 N–H and O–H groups in total. The number of allylic oxidation sites excluding steroid dienone is 4. The maximum atomic E-state index is 15.0. The standard InChI is InChI=1S/C28H27FN2O5S/c1-4-18-10-12-24-22(15-18)26(21-7-5-6-8-25(21)33)27(28(34)30-37(3,35)36)31(24)16-20-14-19(13-17(2)32)9-11-23(20)29/h5-7,9-12,14-15H,4,8,13,16H2,1-3H3,(H,30,34). The molecule has 0 saturated carbocycles. The molecule has 192 valence electrons. The van der Waals surface area contributed by atoms with Gasteiger partial charge >= 0.3 is 0 Å². The fraction of sp³-hybridized carbons (Fsp3) is 0.250. The van der Waals surface area contributed by atoms with Crippen molar-refractivity contribution in [1.29, 1.82) is 0 Å². The van der Waals surface area contributed by atoms with E-state index in [2.05, 4.69) is 0 Å². The second-order valence-electron chi connectivity index (χ2n) is 9.16. The Labute approximate surface area is 214 Å². The molecule has 9 heteroatoms. The Bertz CT molecular complexity index is 1610. The molecule has 0 radical (unpaired) electrons. The normalized spacial score (nSPS) is 13.6. The Morgan fingerprint density at radius 3 is 2.49 bits per heavy atom. The Kier molecular flexibility index (Phi) is 7.27. The van der Waals surface area contributed by atoms with Crippen molar-refractivity contribution < 1.29 is 27.2 Å². The molecule has 0 saturated heterocycles. The summed E-state index contributed by atoms with van der Waals surface area (Å²) in [6.07, 6.45) is 6.85. The number of carbonyl (C=O) groups excluding carboxylic acids is 3. The topological polar surface area (TPSA) is 102 Å². The molecule has 1 aliphatic carbocycles. The van der Waals surface area contributed by atoms with E-state index in [4.69, 9.17) is 0 Å². The van der Waals surface area contributed by atoms with E-state index in [1.807, 2.05) is 23.8 Å². The lowest BCUT2D eigenvalue weighted by Crippen LogP contribution is -2.32. The third-order valence-electron chi connectivity index (χ3n) is 6.19. The number of Topliss-reactive ketones (excluding diaryl/α,β-unsaturated/α-hetero) is 2. The van der Waals surface area contributed by atoms with Crippen molar-refractivity contribution in [2.45, 2.75) is 39.7 Å². The summed E-state index contributed by atoms with van der Waals surface area (Å²) in [6.45, 7) is 3.29. The number of hydrogen-bond donors (Lipinski definition) is 1. The van der Waals surface area contributed by atoms with Gasteiger partial charge in [-0.1, -0.05) is 43.4 Å². The van der Waals surface area contributed by atoms with Crippen LogP contribution < -0.4 is 4.72 Å². The van der Waals surface area contributed by atoms with Crippen molar-refractivity contribution in [3.05, 3.63) is 88.4 Å². The van der Waals surface area contributed by atoms with Gasteiger partial charge in [0.25, 0.3) is 5.91 Å². The van der Waals surface area contributed by atoms with E-state index >= 15 is 0 Å². The fourth-order valence-corrected chi connectivity index (χ4v) is 5.03. The zero-order valence-corrected chi connectivity index (χ0v) is 21.6. The maximum Gasteiger partial charge on any atom is 0.282 e. The Balaban J connectivity index is 2.03. The molecular weight excluding hydrogens is 495 g/mol. The Morgan fingerprint density at radius 1 is 1.11 bits per heavy atom. The summed E-state index contributed by atoms with van der Waals surface area (Å²) in [6, 6.07) is 9.89. The summed E-state index contributed by atoms with van der Waals surface area (Å²) in [7, 11) is -3.94. The first-order valence-corrected chi connectivity index (χ1v) is 13.7. The van der Waals surface area contributed by atoms with E-state index in [-0.39, 0.29) is 47.8 Å². The van der Waals surface area contributed by atoms with Gasteiger partial charge in [0.2, 0.25) is 10.0 Å². The van der Waals surface area contributed by atoms with Crippen molar-refractivity contribution in [2.24, 2.45) is 0 Å². The SMILES string of the molecule is CCc1ccc2c(c1)c(C1=CC=CCC1=O)c(C(=O)NS(C)(=O)=O)n2Cc1cc(CC(C)=O)ccc1F. The van der Waals surface area contributed by atoms with Gasteiger partial charge in [0.05, 0.1) is 12.8 Å². The Hall–Kier alpha value is -3.85. The zero-order valence-electron chi connectivity index (χ0n) is 20.8. The van der Waals surface area contributed by atoms with Crippen molar-refractivity contribution in [1.82, 2.24) is 9.29 Å². The van der Waals surface area contributed by atoms with Crippen LogP contribution in [0.1, 0.15) is 53.0 Å². The molecule has 0 atom stereocenters. The quantitative estimate of drug-likeness (QED) is 0.479. The number of rotatable bonds is 8. The lowest BCUT2D eigenvalue weighted by atomic mass is 9.93. The Morgan fingerprint density at radius 2 is 1.84 bits per heavy atom. The van der Waals surface area contributed by atoms with Crippen LogP contribution in [0, 0.1) is 5.82 Å². The lowest BCUT2D eigenvalue weighted by molar-refractivity contribution is -0.116. The zero-order chi connectivity index (χ0) is 26.9. The molecule has 0 aliphatic heterocycles. The third-order valence-corrected chi connectivity index (χ3v) is 6.75. The highest BCUT2D eigenvalue weighted by atomic mass is 32.2. The maximum absolute atomic E-state index is 15.0. The molecule has 1 heterocycles. The van der Waals surface area contributed by atoms with Crippen molar-refractivity contribution in [3.63, 3.8) is 0 Å². The van der Waals surface area contributed by atoms with Gasteiger partial charge in [-0.05, 0) is 42.7 Å². The van der Waals surface area contributed by atoms with Crippen molar-refractivity contribution in [2.75, 3.05) is 6.26 Å². The predicted octanol–water partition coefficient (Wildman–Crippen LogP) is 4.12. The molecule has 0 bridgehead atoms. The van der Waals surface area contributed by atoms with E-state index in [0.29, 0.717) is 28.5 Å². The molecule has 0 spiro atoms. The molecule has 2 aromatic carbocycles.